The fraction of sp³-hybridized carbons (Fsp3) is 0.0513. The van der Waals surface area contributed by atoms with Crippen LogP contribution in [-0.2, 0) is 16.2 Å². The maximum absolute atomic E-state index is 12.9. The predicted octanol–water partition coefficient (Wildman–Crippen LogP) is 9.25. The Morgan fingerprint density at radius 3 is 2.08 bits per heavy atom. The van der Waals surface area contributed by atoms with Crippen LogP contribution in [0, 0.1) is 0 Å². The lowest BCUT2D eigenvalue weighted by Crippen LogP contribution is -2.19. The summed E-state index contributed by atoms with van der Waals surface area (Å²) in [4.78, 5) is 42.7. The molecule has 0 spiro atoms. The number of aromatic nitrogens is 2. The van der Waals surface area contributed by atoms with Crippen molar-refractivity contribution in [3.63, 3.8) is 0 Å². The number of sulfonamides is 1. The van der Waals surface area contributed by atoms with E-state index in [2.05, 4.69) is 40.9 Å². The summed E-state index contributed by atoms with van der Waals surface area (Å²) in [7, 11) is -2.31. The van der Waals surface area contributed by atoms with Crippen LogP contribution in [0.25, 0.3) is 0 Å². The summed E-state index contributed by atoms with van der Waals surface area (Å²) in [6.07, 6.45) is -1.74. The van der Waals surface area contributed by atoms with Crippen molar-refractivity contribution in [2.45, 2.75) is 11.1 Å². The van der Waals surface area contributed by atoms with E-state index in [1.165, 1.54) is 80.1 Å². The topological polar surface area (TPSA) is 234 Å². The highest BCUT2D eigenvalue weighted by Crippen LogP contribution is 2.36. The minimum Gasteiger partial charge on any atom is -0.507 e. The van der Waals surface area contributed by atoms with Crippen molar-refractivity contribution in [1.29, 1.82) is 0 Å². The molecular weight excluding hydrogens is 833 g/mol. The summed E-state index contributed by atoms with van der Waals surface area (Å²) in [6, 6.07) is 25.9. The minimum atomic E-state index is -4.64. The van der Waals surface area contributed by atoms with E-state index in [4.69, 9.17) is 21.4 Å². The number of urea groups is 1. The number of hydrogen-bond donors (Lipinski definition) is 6. The molecule has 2 heterocycles. The number of rotatable bonds is 11. The van der Waals surface area contributed by atoms with Crippen LogP contribution in [0.15, 0.2) is 143 Å². The Morgan fingerprint density at radius 1 is 0.767 bits per heavy atom. The highest BCUT2D eigenvalue weighted by Gasteiger charge is 2.33. The molecule has 0 atom stereocenters. The van der Waals surface area contributed by atoms with Gasteiger partial charge in [0.1, 0.15) is 34.3 Å². The number of halogens is 4. The molecule has 0 unspecified atom stereocenters. The number of benzene rings is 4. The zero-order valence-corrected chi connectivity index (χ0v) is 32.2. The van der Waals surface area contributed by atoms with Crippen molar-refractivity contribution in [2.75, 3.05) is 22.4 Å². The Labute approximate surface area is 343 Å². The van der Waals surface area contributed by atoms with Crippen molar-refractivity contribution in [1.82, 2.24) is 15.3 Å². The van der Waals surface area contributed by atoms with Gasteiger partial charge >= 0.3 is 18.2 Å². The number of pyridine rings is 2. The number of alkyl halides is 3. The van der Waals surface area contributed by atoms with Crippen molar-refractivity contribution in [3.8, 4) is 17.2 Å². The Hall–Kier alpha value is -7.58. The van der Waals surface area contributed by atoms with Crippen LogP contribution >= 0.6 is 11.6 Å². The molecule has 16 nitrogen and oxygen atoms in total. The monoisotopic (exact) mass is 862 g/mol. The van der Waals surface area contributed by atoms with E-state index in [-0.39, 0.29) is 45.0 Å². The molecule has 308 valence electrons. The van der Waals surface area contributed by atoms with Gasteiger partial charge in [0.2, 0.25) is 0 Å². The van der Waals surface area contributed by atoms with E-state index >= 15 is 0 Å². The van der Waals surface area contributed by atoms with Gasteiger partial charge in [-0.25, -0.2) is 23.0 Å². The molecule has 60 heavy (non-hydrogen) atoms. The number of hydrogen-bond acceptors (Lipinski definition) is 11. The van der Waals surface area contributed by atoms with E-state index < -0.39 is 38.8 Å². The van der Waals surface area contributed by atoms with E-state index in [1.54, 1.807) is 42.5 Å². The standard InChI is InChI=1S/C21H16ClF3N4O3.C18H14N4O5S/c1-26-19(30)18-11-15(8-9-27-18)32-14-5-2-12(3-6-14)28-20(31)29-13-4-7-17(22)16(10-13)21(23,24)25;23-16-9-6-13(11-15(16)18(24)25)21-20-12-4-7-14(8-5-12)28(26,27)22-17-3-1-2-10-19-17/h2-11H,1H3,(H,26,30)(H2,28,29,31);1-11,23H,(H,19,22)(H,24,25). The number of carboxylic acids is 1. The largest absolute Gasteiger partial charge is 0.507 e. The molecule has 0 saturated heterocycles. The maximum atomic E-state index is 12.9. The Kier molecular flexibility index (Phi) is 14.0. The normalized spacial score (nSPS) is 11.2. The summed E-state index contributed by atoms with van der Waals surface area (Å²) in [5, 5.41) is 33.1. The number of nitrogens with one attached hydrogen (secondary N) is 4. The molecule has 0 saturated carbocycles. The molecule has 6 N–H and O–H groups in total. The third-order valence-corrected chi connectivity index (χ3v) is 9.31. The van der Waals surface area contributed by atoms with Gasteiger partial charge in [-0.05, 0) is 103 Å². The maximum Gasteiger partial charge on any atom is 0.417 e. The molecule has 0 radical (unpaired) electrons. The smallest absolute Gasteiger partial charge is 0.417 e. The molecule has 21 heteroatoms. The number of aromatic hydroxyl groups is 1. The number of aromatic carboxylic acids is 1. The number of phenols is 1. The van der Waals surface area contributed by atoms with Crippen molar-refractivity contribution < 1.29 is 50.9 Å². The molecule has 6 rings (SSSR count). The Balaban J connectivity index is 0.000000230. The fourth-order valence-corrected chi connectivity index (χ4v) is 6.00. The summed E-state index contributed by atoms with van der Waals surface area (Å²) in [6.45, 7) is 0. The van der Waals surface area contributed by atoms with Gasteiger partial charge in [0.15, 0.2) is 0 Å². The first-order valence-electron chi connectivity index (χ1n) is 16.9. The summed E-state index contributed by atoms with van der Waals surface area (Å²) in [5.41, 5.74) is -0.252. The molecule has 4 aromatic carbocycles. The van der Waals surface area contributed by atoms with Crippen LogP contribution < -0.4 is 25.4 Å². The average molecular weight is 863 g/mol. The van der Waals surface area contributed by atoms with Crippen LogP contribution in [0.4, 0.5) is 46.5 Å². The number of azo groups is 1. The Morgan fingerprint density at radius 2 is 1.43 bits per heavy atom. The first kappa shape index (κ1) is 43.5. The van der Waals surface area contributed by atoms with E-state index in [0.29, 0.717) is 22.9 Å². The molecule has 0 aliphatic carbocycles. The Bertz CT molecular complexity index is 2640. The predicted molar refractivity (Wildman–Crippen MR) is 214 cm³/mol. The molecule has 3 amide bonds. The molecule has 0 bridgehead atoms. The molecule has 0 aliphatic heterocycles. The van der Waals surface area contributed by atoms with Crippen LogP contribution in [0.5, 0.6) is 17.2 Å². The lowest BCUT2D eigenvalue weighted by molar-refractivity contribution is -0.137. The number of carboxylic acid groups (broad SMARTS) is 1. The lowest BCUT2D eigenvalue weighted by atomic mass is 10.2. The van der Waals surface area contributed by atoms with Gasteiger partial charge < -0.3 is 30.9 Å². The van der Waals surface area contributed by atoms with Gasteiger partial charge in [-0.3, -0.25) is 14.5 Å². The number of carbonyl (C=O) groups excluding carboxylic acids is 2. The number of nitrogens with zero attached hydrogens (tertiary/aromatic N) is 4. The van der Waals surface area contributed by atoms with Crippen LogP contribution in [0.2, 0.25) is 5.02 Å². The second kappa shape index (κ2) is 19.2. The van der Waals surface area contributed by atoms with E-state index in [1.807, 2.05) is 0 Å². The van der Waals surface area contributed by atoms with Crippen molar-refractivity contribution in [3.05, 3.63) is 149 Å². The van der Waals surface area contributed by atoms with E-state index in [9.17, 15) is 41.1 Å². The van der Waals surface area contributed by atoms with E-state index in [0.717, 1.165) is 12.1 Å². The lowest BCUT2D eigenvalue weighted by Gasteiger charge is -2.12. The second-order valence-corrected chi connectivity index (χ2v) is 14.0. The van der Waals surface area contributed by atoms with Crippen LogP contribution in [0.1, 0.15) is 26.4 Å². The molecular formula is C39H30ClF3N8O8S. The summed E-state index contributed by atoms with van der Waals surface area (Å²) in [5.74, 6) is -0.999. The van der Waals surface area contributed by atoms with Gasteiger partial charge in [-0.2, -0.15) is 23.4 Å². The molecule has 2 aromatic heterocycles. The summed E-state index contributed by atoms with van der Waals surface area (Å²) < 4.78 is 71.5. The van der Waals surface area contributed by atoms with Gasteiger partial charge in [0.05, 0.1) is 26.9 Å². The number of carbonyl (C=O) groups is 3. The molecule has 0 fully saturated rings. The zero-order valence-electron chi connectivity index (χ0n) is 30.7. The number of anilines is 3. The molecule has 0 aliphatic rings. The van der Waals surface area contributed by atoms with Crippen LogP contribution in [-0.4, -0.2) is 53.6 Å². The third kappa shape index (κ3) is 12.2. The first-order chi connectivity index (χ1) is 28.5. The number of amides is 3. The first-order valence-corrected chi connectivity index (χ1v) is 18.8. The quantitative estimate of drug-likeness (QED) is 0.0676. The highest BCUT2D eigenvalue weighted by molar-refractivity contribution is 7.92. The van der Waals surface area contributed by atoms with Gasteiger partial charge in [0, 0.05) is 36.9 Å². The van der Waals surface area contributed by atoms with Gasteiger partial charge in [-0.15, -0.1) is 0 Å². The minimum absolute atomic E-state index is 0.0231. The zero-order chi connectivity index (χ0) is 43.5. The third-order valence-electron chi connectivity index (χ3n) is 7.61. The van der Waals surface area contributed by atoms with Crippen molar-refractivity contribution >= 4 is 68.1 Å². The second-order valence-electron chi connectivity index (χ2n) is 11.9. The van der Waals surface area contributed by atoms with Gasteiger partial charge in [-0.1, -0.05) is 17.7 Å². The number of ether oxygens (including phenoxy) is 1. The highest BCUT2D eigenvalue weighted by atomic mass is 35.5. The van der Waals surface area contributed by atoms with Gasteiger partial charge in [0.25, 0.3) is 15.9 Å². The summed E-state index contributed by atoms with van der Waals surface area (Å²) >= 11 is 5.57. The SMILES string of the molecule is CNC(=O)c1cc(Oc2ccc(NC(=O)Nc3ccc(Cl)c(C(F)(F)F)c3)cc2)ccn1.O=C(O)c1cc(N=Nc2ccc(S(=O)(=O)Nc3ccccn3)cc2)ccc1O. The van der Waals surface area contributed by atoms with Crippen LogP contribution in [0.3, 0.4) is 0 Å². The average Bonchev–Trinajstić information content (AvgIpc) is 3.22. The fourth-order valence-electron chi connectivity index (χ4n) is 4.77. The molecule has 6 aromatic rings. The van der Waals surface area contributed by atoms with Crippen molar-refractivity contribution in [2.24, 2.45) is 10.2 Å².